The summed E-state index contributed by atoms with van der Waals surface area (Å²) in [6.07, 6.45) is 8.27. The van der Waals surface area contributed by atoms with Crippen LogP contribution in [0.25, 0.3) is 5.57 Å². The van der Waals surface area contributed by atoms with Crippen LogP contribution in [-0.2, 0) is 4.79 Å². The van der Waals surface area contributed by atoms with Gasteiger partial charge in [-0.3, -0.25) is 4.79 Å². The minimum Gasteiger partial charge on any atom is -0.298 e. The molecule has 1 spiro atoms. The van der Waals surface area contributed by atoms with Gasteiger partial charge < -0.3 is 0 Å². The van der Waals surface area contributed by atoms with Crippen molar-refractivity contribution in [2.75, 3.05) is 0 Å². The van der Waals surface area contributed by atoms with Gasteiger partial charge in [0.25, 0.3) is 0 Å². The van der Waals surface area contributed by atoms with Crippen molar-refractivity contribution < 1.29 is 4.79 Å². The third-order valence-corrected chi connectivity index (χ3v) is 4.87. The Morgan fingerprint density at radius 2 is 1.83 bits per heavy atom. The Morgan fingerprint density at radius 3 is 2.39 bits per heavy atom. The molecular formula is C16H17ClO. The minimum atomic E-state index is 0.501. The van der Waals surface area contributed by atoms with Gasteiger partial charge in [0.05, 0.1) is 0 Å². The van der Waals surface area contributed by atoms with Gasteiger partial charge in [-0.15, -0.1) is 0 Å². The molecule has 0 radical (unpaired) electrons. The highest BCUT2D eigenvalue weighted by molar-refractivity contribution is 6.30. The molecule has 0 unspecified atom stereocenters. The summed E-state index contributed by atoms with van der Waals surface area (Å²) in [7, 11) is 0. The summed E-state index contributed by atoms with van der Waals surface area (Å²) in [4.78, 5) is 11.2. The van der Waals surface area contributed by atoms with E-state index in [2.05, 4.69) is 0 Å². The van der Waals surface area contributed by atoms with E-state index >= 15 is 0 Å². The van der Waals surface area contributed by atoms with Crippen LogP contribution in [0.2, 0.25) is 5.02 Å². The van der Waals surface area contributed by atoms with Gasteiger partial charge in [-0.1, -0.05) is 30.2 Å². The van der Waals surface area contributed by atoms with Gasteiger partial charge in [-0.25, -0.2) is 0 Å². The minimum absolute atomic E-state index is 0.501. The highest BCUT2D eigenvalue weighted by Gasteiger charge is 2.40. The van der Waals surface area contributed by atoms with Crippen LogP contribution in [0.3, 0.4) is 0 Å². The molecule has 1 nitrogen and oxygen atoms in total. The van der Waals surface area contributed by atoms with Crippen LogP contribution in [0, 0.1) is 5.41 Å². The smallest absolute Gasteiger partial charge is 0.146 e. The molecule has 1 aromatic carbocycles. The summed E-state index contributed by atoms with van der Waals surface area (Å²) >= 11 is 5.93. The van der Waals surface area contributed by atoms with E-state index in [4.69, 9.17) is 11.6 Å². The Balaban J connectivity index is 1.97. The molecule has 0 amide bonds. The van der Waals surface area contributed by atoms with Crippen LogP contribution in [0.4, 0.5) is 0 Å². The number of carbonyl (C=O) groups is 1. The van der Waals surface area contributed by atoms with E-state index < -0.39 is 0 Å². The number of halogens is 1. The molecule has 94 valence electrons. The molecule has 0 atom stereocenters. The molecule has 1 saturated carbocycles. The highest BCUT2D eigenvalue weighted by Crippen LogP contribution is 2.54. The zero-order chi connectivity index (χ0) is 12.6. The first-order chi connectivity index (χ1) is 8.72. The van der Waals surface area contributed by atoms with Crippen molar-refractivity contribution in [1.82, 2.24) is 0 Å². The maximum atomic E-state index is 11.2. The summed E-state index contributed by atoms with van der Waals surface area (Å²) in [6, 6.07) is 7.90. The molecule has 2 heteroatoms. The summed E-state index contributed by atoms with van der Waals surface area (Å²) in [5, 5.41) is 0.751. The Labute approximate surface area is 113 Å². The summed E-state index contributed by atoms with van der Waals surface area (Å²) in [5.41, 5.74) is 3.93. The normalized spacial score (nSPS) is 21.8. The fraction of sp³-hybridized carbons (Fsp3) is 0.438. The largest absolute Gasteiger partial charge is 0.298 e. The van der Waals surface area contributed by atoms with Gasteiger partial charge in [0.15, 0.2) is 0 Å². The quantitative estimate of drug-likeness (QED) is 0.708. The molecule has 1 aromatic rings. The lowest BCUT2D eigenvalue weighted by Crippen LogP contribution is -2.32. The Hall–Kier alpha value is -1.08. The molecule has 1 fully saturated rings. The maximum absolute atomic E-state index is 11.2. The van der Waals surface area contributed by atoms with Gasteiger partial charge in [-0.05, 0) is 66.4 Å². The summed E-state index contributed by atoms with van der Waals surface area (Å²) in [5.74, 6) is 0. The van der Waals surface area contributed by atoms with Crippen molar-refractivity contribution in [3.63, 3.8) is 0 Å². The maximum Gasteiger partial charge on any atom is 0.146 e. The lowest BCUT2D eigenvalue weighted by Gasteiger charge is -2.46. The summed E-state index contributed by atoms with van der Waals surface area (Å²) in [6.45, 7) is 0. The lowest BCUT2D eigenvalue weighted by atomic mass is 9.59. The van der Waals surface area contributed by atoms with Crippen LogP contribution in [0.5, 0.6) is 0 Å². The fourth-order valence-electron chi connectivity index (χ4n) is 3.30. The average molecular weight is 261 g/mol. The molecule has 2 aliphatic rings. The number of rotatable bonds is 2. The second-order valence-corrected chi connectivity index (χ2v) is 6.10. The van der Waals surface area contributed by atoms with Crippen LogP contribution >= 0.6 is 11.6 Å². The SMILES string of the molecule is O=CC1=C(c2ccc(Cl)cc2)CC2(CCC2)CC1. The van der Waals surface area contributed by atoms with Crippen LogP contribution in [0.1, 0.15) is 44.1 Å². The standard InChI is InChI=1S/C16H17ClO/c17-14-4-2-12(3-5-14)15-10-16(7-1-8-16)9-6-13(15)11-18/h2-5,11H,1,6-10H2. The van der Waals surface area contributed by atoms with E-state index in [0.717, 1.165) is 29.7 Å². The number of carbonyl (C=O) groups excluding carboxylic acids is 1. The molecule has 0 saturated heterocycles. The zero-order valence-electron chi connectivity index (χ0n) is 10.4. The van der Waals surface area contributed by atoms with E-state index in [-0.39, 0.29) is 0 Å². The molecule has 0 aromatic heterocycles. The first kappa shape index (κ1) is 12.0. The van der Waals surface area contributed by atoms with Crippen molar-refractivity contribution in [3.05, 3.63) is 40.4 Å². The zero-order valence-corrected chi connectivity index (χ0v) is 11.2. The molecule has 3 rings (SSSR count). The molecule has 18 heavy (non-hydrogen) atoms. The number of benzene rings is 1. The van der Waals surface area contributed by atoms with E-state index in [0.29, 0.717) is 5.41 Å². The lowest BCUT2D eigenvalue weighted by molar-refractivity contribution is -0.105. The number of hydrogen-bond donors (Lipinski definition) is 0. The van der Waals surface area contributed by atoms with E-state index in [1.54, 1.807) is 0 Å². The predicted octanol–water partition coefficient (Wildman–Crippen LogP) is 4.65. The average Bonchev–Trinajstić information content (AvgIpc) is 2.37. The van der Waals surface area contributed by atoms with Crippen molar-refractivity contribution >= 4 is 23.5 Å². The first-order valence-electron chi connectivity index (χ1n) is 6.66. The molecule has 0 N–H and O–H groups in total. The van der Waals surface area contributed by atoms with Gasteiger partial charge >= 0.3 is 0 Å². The second kappa shape index (κ2) is 4.55. The highest BCUT2D eigenvalue weighted by atomic mass is 35.5. The number of hydrogen-bond acceptors (Lipinski definition) is 1. The third kappa shape index (κ3) is 2.01. The van der Waals surface area contributed by atoms with E-state index in [1.807, 2.05) is 24.3 Å². The molecule has 0 aliphatic heterocycles. The van der Waals surface area contributed by atoms with Gasteiger partial charge in [0, 0.05) is 5.02 Å². The topological polar surface area (TPSA) is 17.1 Å². The van der Waals surface area contributed by atoms with Crippen LogP contribution in [0.15, 0.2) is 29.8 Å². The van der Waals surface area contributed by atoms with Crippen molar-refractivity contribution in [3.8, 4) is 0 Å². The third-order valence-electron chi connectivity index (χ3n) is 4.61. The fourth-order valence-corrected chi connectivity index (χ4v) is 3.43. The molecule has 0 heterocycles. The summed E-state index contributed by atoms with van der Waals surface area (Å²) < 4.78 is 0. The Morgan fingerprint density at radius 1 is 1.11 bits per heavy atom. The predicted molar refractivity (Wildman–Crippen MR) is 74.6 cm³/mol. The van der Waals surface area contributed by atoms with E-state index in [1.165, 1.54) is 36.8 Å². The van der Waals surface area contributed by atoms with Crippen molar-refractivity contribution in [2.24, 2.45) is 5.41 Å². The first-order valence-corrected chi connectivity index (χ1v) is 7.03. The van der Waals surface area contributed by atoms with Gasteiger partial charge in [0.1, 0.15) is 6.29 Å². The number of aldehydes is 1. The van der Waals surface area contributed by atoms with Gasteiger partial charge in [0.2, 0.25) is 0 Å². The second-order valence-electron chi connectivity index (χ2n) is 5.66. The van der Waals surface area contributed by atoms with Crippen LogP contribution in [-0.4, -0.2) is 6.29 Å². The van der Waals surface area contributed by atoms with Crippen molar-refractivity contribution in [1.29, 1.82) is 0 Å². The molecule has 0 bridgehead atoms. The van der Waals surface area contributed by atoms with Crippen LogP contribution < -0.4 is 0 Å². The Kier molecular flexibility index (Phi) is 3.03. The van der Waals surface area contributed by atoms with E-state index in [9.17, 15) is 4.79 Å². The molecular weight excluding hydrogens is 244 g/mol. The van der Waals surface area contributed by atoms with Gasteiger partial charge in [-0.2, -0.15) is 0 Å². The van der Waals surface area contributed by atoms with Crippen molar-refractivity contribution in [2.45, 2.75) is 38.5 Å². The Bertz CT molecular complexity index is 494. The monoisotopic (exact) mass is 260 g/mol. The molecule has 2 aliphatic carbocycles. The number of allylic oxidation sites excluding steroid dienone is 2.